The fraction of sp³-hybridized carbons (Fsp3) is 0. The summed E-state index contributed by atoms with van der Waals surface area (Å²) in [6, 6.07) is 16.5. The fourth-order valence-corrected chi connectivity index (χ4v) is 1.52. The summed E-state index contributed by atoms with van der Waals surface area (Å²) in [4.78, 5) is 11.9. The van der Waals surface area contributed by atoms with Gasteiger partial charge in [-0.25, -0.2) is 4.79 Å². The van der Waals surface area contributed by atoms with Gasteiger partial charge in [0.2, 0.25) is 0 Å². The molecule has 0 unspecified atom stereocenters. The van der Waals surface area contributed by atoms with Crippen molar-refractivity contribution >= 4 is 5.97 Å². The third-order valence-corrected chi connectivity index (χ3v) is 2.46. The minimum Gasteiger partial charge on any atom is -0.423 e. The summed E-state index contributed by atoms with van der Waals surface area (Å²) in [7, 11) is 0. The van der Waals surface area contributed by atoms with Crippen LogP contribution in [-0.2, 0) is 0 Å². The Morgan fingerprint density at radius 1 is 0.947 bits per heavy atom. The normalized spacial score (nSPS) is 9.16. The molecule has 0 aliphatic carbocycles. The maximum atomic E-state index is 11.9. The Balaban J connectivity index is 2.21. The van der Waals surface area contributed by atoms with Gasteiger partial charge in [0.1, 0.15) is 11.8 Å². The van der Waals surface area contributed by atoms with Gasteiger partial charge in [0, 0.05) is 0 Å². The Kier molecular flexibility index (Phi) is 3.56. The van der Waals surface area contributed by atoms with Crippen molar-refractivity contribution in [3.05, 3.63) is 65.2 Å². The van der Waals surface area contributed by atoms with E-state index in [1.807, 2.05) is 12.1 Å². The molecule has 0 aliphatic heterocycles. The van der Waals surface area contributed by atoms with Crippen molar-refractivity contribution in [1.29, 1.82) is 10.5 Å². The predicted molar refractivity (Wildman–Crippen MR) is 67.3 cm³/mol. The molecule has 2 rings (SSSR count). The van der Waals surface area contributed by atoms with Crippen molar-refractivity contribution in [2.45, 2.75) is 0 Å². The van der Waals surface area contributed by atoms with Gasteiger partial charge in [-0.1, -0.05) is 12.1 Å². The third kappa shape index (κ3) is 2.77. The van der Waals surface area contributed by atoms with E-state index in [-0.39, 0.29) is 11.1 Å². The highest BCUT2D eigenvalue weighted by molar-refractivity contribution is 5.93. The number of benzene rings is 2. The topological polar surface area (TPSA) is 73.9 Å². The smallest absolute Gasteiger partial charge is 0.344 e. The molecule has 0 aromatic heterocycles. The van der Waals surface area contributed by atoms with E-state index in [9.17, 15) is 4.79 Å². The lowest BCUT2D eigenvalue weighted by Gasteiger charge is -2.05. The maximum Gasteiger partial charge on any atom is 0.344 e. The van der Waals surface area contributed by atoms with Crippen LogP contribution in [0.1, 0.15) is 21.5 Å². The monoisotopic (exact) mass is 248 g/mol. The zero-order valence-electron chi connectivity index (χ0n) is 9.83. The zero-order valence-corrected chi connectivity index (χ0v) is 9.83. The average Bonchev–Trinajstić information content (AvgIpc) is 2.48. The number of hydrogen-bond donors (Lipinski definition) is 0. The molecule has 19 heavy (non-hydrogen) atoms. The molecule has 0 N–H and O–H groups in total. The van der Waals surface area contributed by atoms with Crippen molar-refractivity contribution in [2.75, 3.05) is 0 Å². The minimum absolute atomic E-state index is 0.217. The highest BCUT2D eigenvalue weighted by Crippen LogP contribution is 2.15. The Labute approximate surface area is 110 Å². The molecule has 0 atom stereocenters. The molecule has 0 amide bonds. The summed E-state index contributed by atoms with van der Waals surface area (Å²) >= 11 is 0. The molecule has 0 spiro atoms. The van der Waals surface area contributed by atoms with E-state index in [0.29, 0.717) is 11.3 Å². The largest absolute Gasteiger partial charge is 0.423 e. The number of hydrogen-bond acceptors (Lipinski definition) is 4. The molecule has 2 aromatic rings. The van der Waals surface area contributed by atoms with E-state index in [2.05, 4.69) is 0 Å². The van der Waals surface area contributed by atoms with Gasteiger partial charge in [-0.15, -0.1) is 0 Å². The van der Waals surface area contributed by atoms with E-state index >= 15 is 0 Å². The second-order valence-electron chi connectivity index (χ2n) is 3.68. The van der Waals surface area contributed by atoms with Crippen molar-refractivity contribution < 1.29 is 9.53 Å². The molecule has 0 aliphatic rings. The third-order valence-electron chi connectivity index (χ3n) is 2.46. The van der Waals surface area contributed by atoms with Gasteiger partial charge in [0.15, 0.2) is 0 Å². The molecule has 4 nitrogen and oxygen atoms in total. The molecule has 90 valence electrons. The SMILES string of the molecule is N#Cc1ccc(OC(=O)c2ccccc2C#N)cc1. The van der Waals surface area contributed by atoms with E-state index < -0.39 is 5.97 Å². The van der Waals surface area contributed by atoms with E-state index in [4.69, 9.17) is 15.3 Å². The molecular formula is C15H8N2O2. The van der Waals surface area contributed by atoms with Gasteiger partial charge in [-0.05, 0) is 36.4 Å². The summed E-state index contributed by atoms with van der Waals surface area (Å²) in [5.41, 5.74) is 0.965. The lowest BCUT2D eigenvalue weighted by Crippen LogP contribution is -2.10. The standard InChI is InChI=1S/C15H8N2O2/c16-9-11-5-7-13(8-6-11)19-15(18)14-4-2-1-3-12(14)10-17/h1-8H. The Bertz CT molecular complexity index is 691. The van der Waals surface area contributed by atoms with Crippen LogP contribution in [0.25, 0.3) is 0 Å². The molecule has 0 heterocycles. The molecule has 0 bridgehead atoms. The van der Waals surface area contributed by atoms with Crippen molar-refractivity contribution in [3.63, 3.8) is 0 Å². The Morgan fingerprint density at radius 3 is 2.26 bits per heavy atom. The Hall–Kier alpha value is -3.11. The van der Waals surface area contributed by atoms with Crippen molar-refractivity contribution in [1.82, 2.24) is 0 Å². The first-order chi connectivity index (χ1) is 9.24. The molecule has 0 fully saturated rings. The van der Waals surface area contributed by atoms with Crippen LogP contribution in [0, 0.1) is 22.7 Å². The quantitative estimate of drug-likeness (QED) is 0.604. The lowest BCUT2D eigenvalue weighted by atomic mass is 10.1. The van der Waals surface area contributed by atoms with Crippen LogP contribution in [0.3, 0.4) is 0 Å². The van der Waals surface area contributed by atoms with Gasteiger partial charge < -0.3 is 4.74 Å². The van der Waals surface area contributed by atoms with Crippen molar-refractivity contribution in [3.8, 4) is 17.9 Å². The van der Waals surface area contributed by atoms with Crippen LogP contribution in [0.2, 0.25) is 0 Å². The maximum absolute atomic E-state index is 11.9. The van der Waals surface area contributed by atoms with Crippen LogP contribution < -0.4 is 4.74 Å². The number of carbonyl (C=O) groups is 1. The first-order valence-corrected chi connectivity index (χ1v) is 5.46. The van der Waals surface area contributed by atoms with Gasteiger partial charge in [-0.2, -0.15) is 10.5 Å². The molecule has 4 heteroatoms. The molecular weight excluding hydrogens is 240 g/mol. The first kappa shape index (κ1) is 12.3. The van der Waals surface area contributed by atoms with Gasteiger partial charge in [0.05, 0.1) is 22.8 Å². The predicted octanol–water partition coefficient (Wildman–Crippen LogP) is 2.65. The summed E-state index contributed by atoms with van der Waals surface area (Å²) in [5.74, 6) is -0.265. The van der Waals surface area contributed by atoms with Crippen LogP contribution in [0.5, 0.6) is 5.75 Å². The second-order valence-corrected chi connectivity index (χ2v) is 3.68. The van der Waals surface area contributed by atoms with E-state index in [1.165, 1.54) is 18.2 Å². The summed E-state index contributed by atoms with van der Waals surface area (Å²) in [6.45, 7) is 0. The number of nitrogens with zero attached hydrogens (tertiary/aromatic N) is 2. The van der Waals surface area contributed by atoms with Gasteiger partial charge in [0.25, 0.3) is 0 Å². The van der Waals surface area contributed by atoms with Crippen LogP contribution in [0.4, 0.5) is 0 Å². The molecule has 2 aromatic carbocycles. The number of ether oxygens (including phenoxy) is 1. The first-order valence-electron chi connectivity index (χ1n) is 5.46. The summed E-state index contributed by atoms with van der Waals surface area (Å²) in [6.07, 6.45) is 0. The van der Waals surface area contributed by atoms with Crippen LogP contribution in [0.15, 0.2) is 48.5 Å². The Morgan fingerprint density at radius 2 is 1.63 bits per heavy atom. The number of rotatable bonds is 2. The van der Waals surface area contributed by atoms with Gasteiger partial charge >= 0.3 is 5.97 Å². The zero-order chi connectivity index (χ0) is 13.7. The molecule has 0 saturated carbocycles. The minimum atomic E-state index is -0.596. The number of carbonyl (C=O) groups excluding carboxylic acids is 1. The highest BCUT2D eigenvalue weighted by atomic mass is 16.5. The highest BCUT2D eigenvalue weighted by Gasteiger charge is 2.12. The van der Waals surface area contributed by atoms with Crippen LogP contribution >= 0.6 is 0 Å². The number of nitriles is 2. The van der Waals surface area contributed by atoms with Crippen LogP contribution in [-0.4, -0.2) is 5.97 Å². The summed E-state index contributed by atoms with van der Waals surface area (Å²) in [5, 5.41) is 17.6. The molecule has 0 saturated heterocycles. The average molecular weight is 248 g/mol. The van der Waals surface area contributed by atoms with Crippen molar-refractivity contribution in [2.24, 2.45) is 0 Å². The number of esters is 1. The lowest BCUT2D eigenvalue weighted by molar-refractivity contribution is 0.0734. The van der Waals surface area contributed by atoms with E-state index in [0.717, 1.165) is 0 Å². The summed E-state index contributed by atoms with van der Waals surface area (Å²) < 4.78 is 5.14. The fourth-order valence-electron chi connectivity index (χ4n) is 1.52. The van der Waals surface area contributed by atoms with Gasteiger partial charge in [-0.3, -0.25) is 0 Å². The second kappa shape index (κ2) is 5.48. The molecule has 0 radical (unpaired) electrons. The van der Waals surface area contributed by atoms with E-state index in [1.54, 1.807) is 30.3 Å².